The number of pyridine rings is 1. The second-order valence-electron chi connectivity index (χ2n) is 4.52. The van der Waals surface area contributed by atoms with Gasteiger partial charge in [0.25, 0.3) is 0 Å². The van der Waals surface area contributed by atoms with E-state index in [1.807, 2.05) is 17.6 Å². The Morgan fingerprint density at radius 2 is 1.93 bits per heavy atom. The molecule has 0 amide bonds. The lowest BCUT2D eigenvalue weighted by molar-refractivity contribution is 0.587. The van der Waals surface area contributed by atoms with Crippen LogP contribution in [-0.4, -0.2) is 9.97 Å². The minimum absolute atomic E-state index is 0.161. The lowest BCUT2D eigenvalue weighted by Crippen LogP contribution is -2.11. The van der Waals surface area contributed by atoms with Gasteiger partial charge in [0.05, 0.1) is 5.69 Å². The molecule has 0 fully saturated rings. The van der Waals surface area contributed by atoms with Gasteiger partial charge in [0.1, 0.15) is 5.01 Å². The summed E-state index contributed by atoms with van der Waals surface area (Å²) in [5.41, 5.74) is 2.37. The largest absolute Gasteiger partial charge is 0.253 e. The lowest BCUT2D eigenvalue weighted by Gasteiger charge is -2.18. The van der Waals surface area contributed by atoms with Crippen molar-refractivity contribution in [2.24, 2.45) is 0 Å². The first-order chi connectivity index (χ1) is 7.07. The summed E-state index contributed by atoms with van der Waals surface area (Å²) in [7, 11) is 0. The summed E-state index contributed by atoms with van der Waals surface area (Å²) in [4.78, 5) is 8.67. The van der Waals surface area contributed by atoms with Crippen LogP contribution in [0.3, 0.4) is 0 Å². The first-order valence-corrected chi connectivity index (χ1v) is 5.82. The molecule has 0 saturated carbocycles. The van der Waals surface area contributed by atoms with Crippen molar-refractivity contribution in [3.8, 4) is 10.7 Å². The van der Waals surface area contributed by atoms with Crippen LogP contribution in [0.5, 0.6) is 0 Å². The molecule has 2 aromatic heterocycles. The van der Waals surface area contributed by atoms with E-state index < -0.39 is 0 Å². The van der Waals surface area contributed by atoms with Gasteiger partial charge in [-0.3, -0.25) is 4.98 Å². The summed E-state index contributed by atoms with van der Waals surface area (Å²) in [6.07, 6.45) is 3.75. The van der Waals surface area contributed by atoms with Crippen LogP contribution < -0.4 is 0 Å². The topological polar surface area (TPSA) is 25.8 Å². The number of thiazole rings is 1. The maximum Gasteiger partial charge on any atom is 0.141 e. The highest BCUT2D eigenvalue weighted by Crippen LogP contribution is 2.24. The van der Waals surface area contributed by atoms with Crippen molar-refractivity contribution in [2.75, 3.05) is 0 Å². The molecule has 15 heavy (non-hydrogen) atoms. The molecule has 78 valence electrons. The SMILES string of the molecule is CC(C)(C)c1ccc(-c2nccs2)nc1. The van der Waals surface area contributed by atoms with Crippen LogP contribution >= 0.6 is 11.3 Å². The van der Waals surface area contributed by atoms with Gasteiger partial charge in [0.2, 0.25) is 0 Å². The molecular weight excluding hydrogens is 204 g/mol. The van der Waals surface area contributed by atoms with E-state index in [9.17, 15) is 0 Å². The predicted octanol–water partition coefficient (Wildman–Crippen LogP) is 3.50. The minimum atomic E-state index is 0.161. The smallest absolute Gasteiger partial charge is 0.141 e. The van der Waals surface area contributed by atoms with Crippen molar-refractivity contribution in [1.29, 1.82) is 0 Å². The van der Waals surface area contributed by atoms with Crippen molar-refractivity contribution in [1.82, 2.24) is 9.97 Å². The molecule has 3 heteroatoms. The Balaban J connectivity index is 2.33. The third-order valence-electron chi connectivity index (χ3n) is 2.28. The zero-order valence-corrected chi connectivity index (χ0v) is 10.0. The molecule has 0 spiro atoms. The zero-order valence-electron chi connectivity index (χ0n) is 9.19. The number of nitrogens with zero attached hydrogens (tertiary/aromatic N) is 2. The monoisotopic (exact) mass is 218 g/mol. The molecule has 0 bridgehead atoms. The van der Waals surface area contributed by atoms with Crippen LogP contribution in [-0.2, 0) is 5.41 Å². The van der Waals surface area contributed by atoms with Crippen LogP contribution in [0.4, 0.5) is 0 Å². The molecule has 0 N–H and O–H groups in total. The van der Waals surface area contributed by atoms with Gasteiger partial charge < -0.3 is 0 Å². The number of rotatable bonds is 1. The van der Waals surface area contributed by atoms with Crippen molar-refractivity contribution in [2.45, 2.75) is 26.2 Å². The van der Waals surface area contributed by atoms with Crippen LogP contribution in [0.2, 0.25) is 0 Å². The van der Waals surface area contributed by atoms with Crippen LogP contribution in [0.25, 0.3) is 10.7 Å². The van der Waals surface area contributed by atoms with Crippen molar-refractivity contribution in [3.63, 3.8) is 0 Å². The Morgan fingerprint density at radius 1 is 1.13 bits per heavy atom. The Morgan fingerprint density at radius 3 is 2.40 bits per heavy atom. The molecule has 0 atom stereocenters. The normalized spacial score (nSPS) is 11.7. The molecule has 0 aliphatic rings. The summed E-state index contributed by atoms with van der Waals surface area (Å²) < 4.78 is 0. The molecule has 0 unspecified atom stereocenters. The highest BCUT2D eigenvalue weighted by molar-refractivity contribution is 7.13. The maximum atomic E-state index is 4.44. The maximum absolute atomic E-state index is 4.44. The Hall–Kier alpha value is -1.22. The standard InChI is InChI=1S/C12H14N2S/c1-12(2,3)9-4-5-10(14-8-9)11-13-6-7-15-11/h4-8H,1-3H3. The first kappa shape index (κ1) is 10.3. The molecule has 0 aromatic carbocycles. The van der Waals surface area contributed by atoms with Crippen molar-refractivity contribution < 1.29 is 0 Å². The van der Waals surface area contributed by atoms with E-state index in [1.54, 1.807) is 17.5 Å². The lowest BCUT2D eigenvalue weighted by atomic mass is 9.88. The predicted molar refractivity (Wildman–Crippen MR) is 64.0 cm³/mol. The van der Waals surface area contributed by atoms with Gasteiger partial charge in [-0.2, -0.15) is 0 Å². The Bertz CT molecular complexity index is 424. The summed E-state index contributed by atoms with van der Waals surface area (Å²) in [6.45, 7) is 6.56. The molecule has 0 aliphatic carbocycles. The molecular formula is C12H14N2S. The van der Waals surface area contributed by atoms with Crippen LogP contribution in [0.15, 0.2) is 29.9 Å². The van der Waals surface area contributed by atoms with Crippen LogP contribution in [0, 0.1) is 0 Å². The molecule has 0 saturated heterocycles. The number of hydrogen-bond acceptors (Lipinski definition) is 3. The van der Waals surface area contributed by atoms with E-state index in [0.717, 1.165) is 10.7 Å². The van der Waals surface area contributed by atoms with Gasteiger partial charge in [0.15, 0.2) is 0 Å². The fourth-order valence-corrected chi connectivity index (χ4v) is 1.93. The van der Waals surface area contributed by atoms with E-state index in [0.29, 0.717) is 0 Å². The van der Waals surface area contributed by atoms with Crippen LogP contribution in [0.1, 0.15) is 26.3 Å². The first-order valence-electron chi connectivity index (χ1n) is 4.94. The highest BCUT2D eigenvalue weighted by atomic mass is 32.1. The third kappa shape index (κ3) is 2.23. The van der Waals surface area contributed by atoms with Gasteiger partial charge >= 0.3 is 0 Å². The molecule has 0 aliphatic heterocycles. The van der Waals surface area contributed by atoms with E-state index in [-0.39, 0.29) is 5.41 Å². The summed E-state index contributed by atoms with van der Waals surface area (Å²) in [5.74, 6) is 0. The fraction of sp³-hybridized carbons (Fsp3) is 0.333. The second kappa shape index (κ2) is 3.74. The molecule has 2 heterocycles. The Kier molecular flexibility index (Phi) is 2.57. The Labute approximate surface area is 94.0 Å². The highest BCUT2D eigenvalue weighted by Gasteiger charge is 2.14. The van der Waals surface area contributed by atoms with Gasteiger partial charge in [-0.05, 0) is 17.0 Å². The minimum Gasteiger partial charge on any atom is -0.253 e. The molecule has 0 radical (unpaired) electrons. The third-order valence-corrected chi connectivity index (χ3v) is 3.08. The summed E-state index contributed by atoms with van der Waals surface area (Å²) in [6, 6.07) is 4.17. The number of hydrogen-bond donors (Lipinski definition) is 0. The fourth-order valence-electron chi connectivity index (χ4n) is 1.31. The van der Waals surface area contributed by atoms with E-state index >= 15 is 0 Å². The average Bonchev–Trinajstić information content (AvgIpc) is 2.69. The van der Waals surface area contributed by atoms with Gasteiger partial charge in [-0.15, -0.1) is 11.3 Å². The van der Waals surface area contributed by atoms with Crippen molar-refractivity contribution in [3.05, 3.63) is 35.5 Å². The number of aromatic nitrogens is 2. The summed E-state index contributed by atoms with van der Waals surface area (Å²) >= 11 is 1.62. The molecule has 2 rings (SSSR count). The summed E-state index contributed by atoms with van der Waals surface area (Å²) in [5, 5.41) is 2.95. The molecule has 2 nitrogen and oxygen atoms in total. The molecule has 2 aromatic rings. The van der Waals surface area contributed by atoms with Gasteiger partial charge in [-0.25, -0.2) is 4.98 Å². The average molecular weight is 218 g/mol. The zero-order chi connectivity index (χ0) is 10.9. The van der Waals surface area contributed by atoms with E-state index in [4.69, 9.17) is 0 Å². The van der Waals surface area contributed by atoms with E-state index in [1.165, 1.54) is 5.56 Å². The van der Waals surface area contributed by atoms with Gasteiger partial charge in [0, 0.05) is 17.8 Å². The quantitative estimate of drug-likeness (QED) is 0.732. The van der Waals surface area contributed by atoms with E-state index in [2.05, 4.69) is 36.8 Å². The van der Waals surface area contributed by atoms with Gasteiger partial charge in [-0.1, -0.05) is 26.8 Å². The van der Waals surface area contributed by atoms with Crippen molar-refractivity contribution >= 4 is 11.3 Å². The second-order valence-corrected chi connectivity index (χ2v) is 5.41.